The zero-order valence-corrected chi connectivity index (χ0v) is 11.9. The molecule has 5 nitrogen and oxygen atoms in total. The standard InChI is InChI=1S/C15H21N3O2/c1-16-10-2-7-15(16)8-11-17(12-9-15)13-3-5-14(6-4-13)18(19)20/h3-6H,2,7-12H2,1H3. The monoisotopic (exact) mass is 275 g/mol. The third kappa shape index (κ3) is 2.26. The van der Waals surface area contributed by atoms with Gasteiger partial charge < -0.3 is 9.80 Å². The number of non-ortho nitro benzene ring substituents is 1. The molecular weight excluding hydrogens is 254 g/mol. The Labute approximate surface area is 119 Å². The Hall–Kier alpha value is -1.62. The Morgan fingerprint density at radius 2 is 1.75 bits per heavy atom. The first-order valence-electron chi connectivity index (χ1n) is 7.31. The van der Waals surface area contributed by atoms with Gasteiger partial charge >= 0.3 is 0 Å². The largest absolute Gasteiger partial charge is 0.371 e. The van der Waals surface area contributed by atoms with Crippen LogP contribution in [0.4, 0.5) is 11.4 Å². The van der Waals surface area contributed by atoms with Gasteiger partial charge in [0.05, 0.1) is 4.92 Å². The first-order chi connectivity index (χ1) is 9.61. The molecule has 2 fully saturated rings. The van der Waals surface area contributed by atoms with Gasteiger partial charge in [0.1, 0.15) is 0 Å². The number of nitro benzene ring substituents is 1. The Kier molecular flexibility index (Phi) is 3.38. The van der Waals surface area contributed by atoms with Gasteiger partial charge in [0.25, 0.3) is 5.69 Å². The highest BCUT2D eigenvalue weighted by molar-refractivity contribution is 5.51. The highest BCUT2D eigenvalue weighted by Crippen LogP contribution is 2.38. The number of anilines is 1. The summed E-state index contributed by atoms with van der Waals surface area (Å²) in [6.07, 6.45) is 5.02. The summed E-state index contributed by atoms with van der Waals surface area (Å²) >= 11 is 0. The van der Waals surface area contributed by atoms with E-state index in [4.69, 9.17) is 0 Å². The molecular formula is C15H21N3O2. The van der Waals surface area contributed by atoms with Gasteiger partial charge in [-0.3, -0.25) is 10.1 Å². The van der Waals surface area contributed by atoms with Gasteiger partial charge in [-0.15, -0.1) is 0 Å². The van der Waals surface area contributed by atoms with E-state index < -0.39 is 0 Å². The molecule has 0 atom stereocenters. The SMILES string of the molecule is CN1CCCC12CCN(c1ccc([N+](=O)[O-])cc1)CC2. The van der Waals surface area contributed by atoms with Crippen molar-refractivity contribution in [2.24, 2.45) is 0 Å². The zero-order valence-electron chi connectivity index (χ0n) is 11.9. The highest BCUT2D eigenvalue weighted by Gasteiger charge is 2.40. The molecule has 0 N–H and O–H groups in total. The molecule has 3 rings (SSSR count). The topological polar surface area (TPSA) is 49.6 Å². The van der Waals surface area contributed by atoms with Crippen molar-refractivity contribution in [1.29, 1.82) is 0 Å². The molecule has 0 aliphatic carbocycles. The fourth-order valence-corrected chi connectivity index (χ4v) is 3.67. The molecule has 0 radical (unpaired) electrons. The highest BCUT2D eigenvalue weighted by atomic mass is 16.6. The molecule has 0 aromatic heterocycles. The second kappa shape index (κ2) is 5.05. The lowest BCUT2D eigenvalue weighted by atomic mass is 9.85. The van der Waals surface area contributed by atoms with Crippen molar-refractivity contribution in [3.8, 4) is 0 Å². The van der Waals surface area contributed by atoms with Crippen LogP contribution < -0.4 is 4.90 Å². The minimum atomic E-state index is -0.345. The summed E-state index contributed by atoms with van der Waals surface area (Å²) in [4.78, 5) is 15.2. The second-order valence-electron chi connectivity index (χ2n) is 6.01. The molecule has 1 aromatic carbocycles. The van der Waals surface area contributed by atoms with Crippen LogP contribution in [0.25, 0.3) is 0 Å². The van der Waals surface area contributed by atoms with Crippen LogP contribution in [0, 0.1) is 10.1 Å². The van der Waals surface area contributed by atoms with Crippen molar-refractivity contribution >= 4 is 11.4 Å². The molecule has 0 bridgehead atoms. The van der Waals surface area contributed by atoms with Crippen LogP contribution in [0.3, 0.4) is 0 Å². The second-order valence-corrected chi connectivity index (χ2v) is 6.01. The van der Waals surface area contributed by atoms with Crippen LogP contribution in [0.1, 0.15) is 25.7 Å². The van der Waals surface area contributed by atoms with Crippen molar-refractivity contribution < 1.29 is 4.92 Å². The van der Waals surface area contributed by atoms with Gasteiger partial charge in [0.15, 0.2) is 0 Å². The number of piperidine rings is 1. The summed E-state index contributed by atoms with van der Waals surface area (Å²) in [6, 6.07) is 6.94. The summed E-state index contributed by atoms with van der Waals surface area (Å²) in [6.45, 7) is 3.31. The summed E-state index contributed by atoms with van der Waals surface area (Å²) in [5, 5.41) is 10.7. The van der Waals surface area contributed by atoms with Gasteiger partial charge in [0.2, 0.25) is 0 Å². The van der Waals surface area contributed by atoms with Crippen molar-refractivity contribution in [2.75, 3.05) is 31.6 Å². The fourth-order valence-electron chi connectivity index (χ4n) is 3.67. The number of hydrogen-bond donors (Lipinski definition) is 0. The number of benzene rings is 1. The van der Waals surface area contributed by atoms with E-state index >= 15 is 0 Å². The van der Waals surface area contributed by atoms with Crippen molar-refractivity contribution in [3.05, 3.63) is 34.4 Å². The zero-order chi connectivity index (χ0) is 14.2. The third-order valence-electron chi connectivity index (χ3n) is 5.07. The average molecular weight is 275 g/mol. The first kappa shape index (κ1) is 13.4. The number of hydrogen-bond acceptors (Lipinski definition) is 4. The molecule has 0 saturated carbocycles. The van der Waals surface area contributed by atoms with Gasteiger partial charge in [-0.2, -0.15) is 0 Å². The van der Waals surface area contributed by atoms with E-state index in [1.165, 1.54) is 32.2 Å². The van der Waals surface area contributed by atoms with Crippen LogP contribution in [-0.4, -0.2) is 42.0 Å². The predicted octanol–water partition coefficient (Wildman–Crippen LogP) is 2.66. The molecule has 5 heteroatoms. The number of rotatable bonds is 2. The molecule has 0 amide bonds. The molecule has 2 heterocycles. The lowest BCUT2D eigenvalue weighted by Crippen LogP contribution is -2.50. The van der Waals surface area contributed by atoms with Crippen LogP contribution in [0.2, 0.25) is 0 Å². The van der Waals surface area contributed by atoms with Gasteiger partial charge in [-0.25, -0.2) is 0 Å². The lowest BCUT2D eigenvalue weighted by Gasteiger charge is -2.44. The molecule has 2 aliphatic rings. The summed E-state index contributed by atoms with van der Waals surface area (Å²) in [7, 11) is 2.24. The molecule has 1 aromatic rings. The lowest BCUT2D eigenvalue weighted by molar-refractivity contribution is -0.384. The van der Waals surface area contributed by atoms with Crippen LogP contribution in [-0.2, 0) is 0 Å². The van der Waals surface area contributed by atoms with E-state index in [2.05, 4.69) is 16.8 Å². The van der Waals surface area contributed by atoms with E-state index in [0.29, 0.717) is 5.54 Å². The Morgan fingerprint density at radius 1 is 1.10 bits per heavy atom. The Morgan fingerprint density at radius 3 is 2.25 bits per heavy atom. The first-order valence-corrected chi connectivity index (χ1v) is 7.31. The van der Waals surface area contributed by atoms with Gasteiger partial charge in [-0.05, 0) is 51.4 Å². The molecule has 0 unspecified atom stereocenters. The number of nitro groups is 1. The van der Waals surface area contributed by atoms with Crippen LogP contribution in [0.15, 0.2) is 24.3 Å². The molecule has 2 saturated heterocycles. The van der Waals surface area contributed by atoms with Crippen molar-refractivity contribution in [2.45, 2.75) is 31.2 Å². The van der Waals surface area contributed by atoms with Gasteiger partial charge in [-0.1, -0.05) is 0 Å². The molecule has 108 valence electrons. The van der Waals surface area contributed by atoms with Crippen molar-refractivity contribution in [3.63, 3.8) is 0 Å². The average Bonchev–Trinajstić information content (AvgIpc) is 2.81. The fraction of sp³-hybridized carbons (Fsp3) is 0.600. The minimum absolute atomic E-state index is 0.165. The summed E-state index contributed by atoms with van der Waals surface area (Å²) in [5.41, 5.74) is 1.68. The van der Waals surface area contributed by atoms with E-state index in [9.17, 15) is 10.1 Å². The van der Waals surface area contributed by atoms with E-state index in [0.717, 1.165) is 18.8 Å². The smallest absolute Gasteiger partial charge is 0.269 e. The minimum Gasteiger partial charge on any atom is -0.371 e. The van der Waals surface area contributed by atoms with E-state index in [1.807, 2.05) is 12.1 Å². The molecule has 2 aliphatic heterocycles. The van der Waals surface area contributed by atoms with Gasteiger partial charge in [0, 0.05) is 36.4 Å². The molecule has 1 spiro atoms. The normalized spacial score (nSPS) is 22.4. The quantitative estimate of drug-likeness (QED) is 0.615. The number of likely N-dealkylation sites (tertiary alicyclic amines) is 1. The van der Waals surface area contributed by atoms with E-state index in [-0.39, 0.29) is 10.6 Å². The summed E-state index contributed by atoms with van der Waals surface area (Å²) < 4.78 is 0. The Balaban J connectivity index is 1.67. The van der Waals surface area contributed by atoms with Crippen molar-refractivity contribution in [1.82, 2.24) is 4.90 Å². The maximum atomic E-state index is 10.7. The van der Waals surface area contributed by atoms with Crippen LogP contribution >= 0.6 is 0 Å². The summed E-state index contributed by atoms with van der Waals surface area (Å²) in [5.74, 6) is 0. The van der Waals surface area contributed by atoms with E-state index in [1.54, 1.807) is 12.1 Å². The third-order valence-corrected chi connectivity index (χ3v) is 5.07. The number of nitrogens with zero attached hydrogens (tertiary/aromatic N) is 3. The maximum absolute atomic E-state index is 10.7. The van der Waals surface area contributed by atoms with Crippen LogP contribution in [0.5, 0.6) is 0 Å². The predicted molar refractivity (Wildman–Crippen MR) is 79.1 cm³/mol. The Bertz CT molecular complexity index is 492. The maximum Gasteiger partial charge on any atom is 0.269 e. The molecule has 20 heavy (non-hydrogen) atoms.